The number of benzene rings is 1. The van der Waals surface area contributed by atoms with Crippen LogP contribution in [0.1, 0.15) is 25.8 Å². The van der Waals surface area contributed by atoms with Crippen LogP contribution in [0, 0.1) is 0 Å². The Balaban J connectivity index is 2.06. The van der Waals surface area contributed by atoms with E-state index in [9.17, 15) is 4.79 Å². The maximum absolute atomic E-state index is 10.8. The van der Waals surface area contributed by atoms with Gasteiger partial charge in [-0.1, -0.05) is 0 Å². The number of ether oxygens (including phenoxy) is 3. The van der Waals surface area contributed by atoms with Crippen LogP contribution in [0.15, 0.2) is 17.2 Å². The van der Waals surface area contributed by atoms with Gasteiger partial charge in [0, 0.05) is 18.1 Å². The predicted octanol–water partition coefficient (Wildman–Crippen LogP) is 1.35. The molecular formula is C13H15N3O4. The fourth-order valence-electron chi connectivity index (χ4n) is 2.29. The maximum atomic E-state index is 10.8. The van der Waals surface area contributed by atoms with Crippen LogP contribution in [-0.4, -0.2) is 24.1 Å². The Hall–Kier alpha value is -2.44. The van der Waals surface area contributed by atoms with Crippen LogP contribution in [0.25, 0.3) is 0 Å². The lowest BCUT2D eigenvalue weighted by molar-refractivity contribution is 0.111. The van der Waals surface area contributed by atoms with Gasteiger partial charge in [0.1, 0.15) is 11.4 Å². The number of urea groups is 1. The van der Waals surface area contributed by atoms with Gasteiger partial charge in [-0.15, -0.1) is 0 Å². The lowest BCUT2D eigenvalue weighted by atomic mass is 9.92. The molecule has 1 aromatic rings. The number of nitrogens with zero attached hydrogens (tertiary/aromatic N) is 1. The lowest BCUT2D eigenvalue weighted by Crippen LogP contribution is -2.37. The Morgan fingerprint density at radius 1 is 1.30 bits per heavy atom. The molecule has 0 aromatic heterocycles. The summed E-state index contributed by atoms with van der Waals surface area (Å²) < 4.78 is 16.6. The molecule has 20 heavy (non-hydrogen) atoms. The molecule has 0 unspecified atom stereocenters. The molecule has 0 saturated carbocycles. The van der Waals surface area contributed by atoms with Gasteiger partial charge in [0.25, 0.3) is 0 Å². The van der Waals surface area contributed by atoms with E-state index in [1.54, 1.807) is 12.1 Å². The third-order valence-corrected chi connectivity index (χ3v) is 3.07. The Kier molecular flexibility index (Phi) is 2.70. The van der Waals surface area contributed by atoms with Gasteiger partial charge in [0.05, 0.1) is 5.71 Å². The smallest absolute Gasteiger partial charge is 0.332 e. The van der Waals surface area contributed by atoms with Crippen molar-refractivity contribution in [2.24, 2.45) is 10.8 Å². The minimum atomic E-state index is -0.705. The second kappa shape index (κ2) is 4.29. The fraction of sp³-hybridized carbons (Fsp3) is 0.385. The standard InChI is InChI=1S/C13H15N3O4/c1-13(2)5-8(15-16-12(14)17)7-3-10-11(19-6-18-10)4-9(7)20-13/h3-4H,5-6H2,1-2H3,(H3,14,16,17). The number of hydrogen-bond acceptors (Lipinski definition) is 5. The average molecular weight is 277 g/mol. The lowest BCUT2D eigenvalue weighted by Gasteiger charge is -2.33. The summed E-state index contributed by atoms with van der Waals surface area (Å²) in [4.78, 5) is 10.8. The van der Waals surface area contributed by atoms with Gasteiger partial charge in [-0.05, 0) is 19.9 Å². The van der Waals surface area contributed by atoms with E-state index in [2.05, 4.69) is 10.5 Å². The second-order valence-electron chi connectivity index (χ2n) is 5.27. The van der Waals surface area contributed by atoms with E-state index in [-0.39, 0.29) is 6.79 Å². The van der Waals surface area contributed by atoms with E-state index >= 15 is 0 Å². The topological polar surface area (TPSA) is 95.2 Å². The summed E-state index contributed by atoms with van der Waals surface area (Å²) in [6.45, 7) is 4.08. The van der Waals surface area contributed by atoms with Gasteiger partial charge < -0.3 is 19.9 Å². The highest BCUT2D eigenvalue weighted by Crippen LogP contribution is 2.42. The minimum Gasteiger partial charge on any atom is -0.487 e. The second-order valence-corrected chi connectivity index (χ2v) is 5.27. The van der Waals surface area contributed by atoms with Crippen LogP contribution < -0.4 is 25.4 Å². The minimum absolute atomic E-state index is 0.188. The van der Waals surface area contributed by atoms with Crippen LogP contribution in [0.3, 0.4) is 0 Å². The number of nitrogens with two attached hydrogens (primary N) is 1. The number of nitrogens with one attached hydrogen (secondary N) is 1. The fourth-order valence-corrected chi connectivity index (χ4v) is 2.29. The Bertz CT molecular complexity index is 610. The predicted molar refractivity (Wildman–Crippen MR) is 71.1 cm³/mol. The summed E-state index contributed by atoms with van der Waals surface area (Å²) in [5, 5.41) is 4.06. The van der Waals surface area contributed by atoms with E-state index < -0.39 is 11.6 Å². The van der Waals surface area contributed by atoms with Crippen molar-refractivity contribution in [3.05, 3.63) is 17.7 Å². The zero-order chi connectivity index (χ0) is 14.3. The summed E-state index contributed by atoms with van der Waals surface area (Å²) >= 11 is 0. The van der Waals surface area contributed by atoms with E-state index in [1.807, 2.05) is 13.8 Å². The van der Waals surface area contributed by atoms with Crippen molar-refractivity contribution < 1.29 is 19.0 Å². The Labute approximate surface area is 115 Å². The summed E-state index contributed by atoms with van der Waals surface area (Å²) in [6.07, 6.45) is 0.542. The number of rotatable bonds is 1. The normalized spacial score (nSPS) is 20.2. The maximum Gasteiger partial charge on any atom is 0.332 e. The van der Waals surface area contributed by atoms with Crippen molar-refractivity contribution in [2.75, 3.05) is 6.79 Å². The van der Waals surface area contributed by atoms with Crippen molar-refractivity contribution in [2.45, 2.75) is 25.9 Å². The number of carbonyl (C=O) groups is 1. The molecule has 0 radical (unpaired) electrons. The molecule has 2 aliphatic rings. The molecule has 3 N–H and O–H groups in total. The van der Waals surface area contributed by atoms with Crippen LogP contribution in [-0.2, 0) is 0 Å². The number of hydrogen-bond donors (Lipinski definition) is 2. The SMILES string of the molecule is CC1(C)CC(=NNC(N)=O)c2cc3c(cc2O1)OCO3. The quantitative estimate of drug-likeness (QED) is 0.757. The molecule has 0 atom stereocenters. The van der Waals surface area contributed by atoms with E-state index in [1.165, 1.54) is 0 Å². The molecule has 2 amide bonds. The van der Waals surface area contributed by atoms with Crippen molar-refractivity contribution in [3.8, 4) is 17.2 Å². The molecule has 0 fully saturated rings. The number of carbonyl (C=O) groups excluding carboxylic acids is 1. The van der Waals surface area contributed by atoms with Crippen molar-refractivity contribution in [3.63, 3.8) is 0 Å². The number of primary amides is 1. The summed E-state index contributed by atoms with van der Waals surface area (Å²) in [5.41, 5.74) is 8.34. The third-order valence-electron chi connectivity index (χ3n) is 3.07. The van der Waals surface area contributed by atoms with Crippen molar-refractivity contribution in [1.29, 1.82) is 0 Å². The number of hydrazone groups is 1. The van der Waals surface area contributed by atoms with E-state index in [0.717, 1.165) is 5.56 Å². The molecule has 0 spiro atoms. The first-order valence-corrected chi connectivity index (χ1v) is 6.20. The first-order valence-electron chi connectivity index (χ1n) is 6.20. The Morgan fingerprint density at radius 3 is 2.70 bits per heavy atom. The van der Waals surface area contributed by atoms with Crippen molar-refractivity contribution >= 4 is 11.7 Å². The monoisotopic (exact) mass is 277 g/mol. The van der Waals surface area contributed by atoms with Crippen LogP contribution in [0.5, 0.6) is 17.2 Å². The van der Waals surface area contributed by atoms with Gasteiger partial charge in [-0.25, -0.2) is 10.2 Å². The first kappa shape index (κ1) is 12.6. The molecule has 0 aliphatic carbocycles. The van der Waals surface area contributed by atoms with Gasteiger partial charge in [-0.2, -0.15) is 5.10 Å². The van der Waals surface area contributed by atoms with Gasteiger partial charge in [0.15, 0.2) is 11.5 Å². The molecular weight excluding hydrogens is 262 g/mol. The summed E-state index contributed by atoms with van der Waals surface area (Å²) in [6, 6.07) is 2.87. The molecule has 1 aromatic carbocycles. The molecule has 0 bridgehead atoms. The number of fused-ring (bicyclic) bond motifs is 2. The number of amides is 2. The van der Waals surface area contributed by atoms with E-state index in [4.69, 9.17) is 19.9 Å². The summed E-state index contributed by atoms with van der Waals surface area (Å²) in [7, 11) is 0. The Morgan fingerprint density at radius 2 is 2.00 bits per heavy atom. The zero-order valence-corrected chi connectivity index (χ0v) is 11.2. The van der Waals surface area contributed by atoms with Gasteiger partial charge in [-0.3, -0.25) is 0 Å². The first-order chi connectivity index (χ1) is 9.44. The highest BCUT2D eigenvalue weighted by molar-refractivity contribution is 6.05. The molecule has 2 heterocycles. The van der Waals surface area contributed by atoms with Crippen LogP contribution in [0.2, 0.25) is 0 Å². The molecule has 0 saturated heterocycles. The summed E-state index contributed by atoms with van der Waals surface area (Å²) in [5.74, 6) is 1.93. The molecule has 106 valence electrons. The third kappa shape index (κ3) is 2.22. The van der Waals surface area contributed by atoms with Gasteiger partial charge in [0.2, 0.25) is 6.79 Å². The highest BCUT2D eigenvalue weighted by Gasteiger charge is 2.33. The van der Waals surface area contributed by atoms with Gasteiger partial charge >= 0.3 is 6.03 Å². The van der Waals surface area contributed by atoms with Crippen LogP contribution in [0.4, 0.5) is 4.79 Å². The largest absolute Gasteiger partial charge is 0.487 e. The van der Waals surface area contributed by atoms with Crippen molar-refractivity contribution in [1.82, 2.24) is 5.43 Å². The molecule has 7 nitrogen and oxygen atoms in total. The van der Waals surface area contributed by atoms with Crippen LogP contribution >= 0.6 is 0 Å². The molecule has 7 heteroatoms. The average Bonchev–Trinajstić information content (AvgIpc) is 2.79. The molecule has 2 aliphatic heterocycles. The highest BCUT2D eigenvalue weighted by atomic mass is 16.7. The molecule has 3 rings (SSSR count). The zero-order valence-electron chi connectivity index (χ0n) is 11.2. The van der Waals surface area contributed by atoms with E-state index in [0.29, 0.717) is 29.4 Å².